The van der Waals surface area contributed by atoms with Crippen LogP contribution in [0.25, 0.3) is 5.57 Å². The van der Waals surface area contributed by atoms with Crippen LogP contribution in [0.15, 0.2) is 115 Å². The van der Waals surface area contributed by atoms with Crippen LogP contribution in [0.2, 0.25) is 0 Å². The number of carbonyl (C=O) groups is 1. The Morgan fingerprint density at radius 2 is 1.17 bits per heavy atom. The number of benzene rings is 4. The molecule has 0 aromatic heterocycles. The zero-order valence-electron chi connectivity index (χ0n) is 24.6. The fraction of sp³-hybridized carbons (Fsp3) is 0.194. The molecule has 4 aromatic carbocycles. The Hall–Kier alpha value is -4.77. The van der Waals surface area contributed by atoms with E-state index in [-0.39, 0.29) is 5.97 Å². The SMILES string of the molecule is CN(C)c1ccc(C(=CC=CC2(c3ccccc3)OC(=O)c3cc(N(C)C)ccc32)c2ccc(N(C)C)cc2)cc1. The van der Waals surface area contributed by atoms with Crippen molar-refractivity contribution in [2.75, 3.05) is 57.0 Å². The highest BCUT2D eigenvalue weighted by Gasteiger charge is 2.45. The molecular formula is C36H37N3O2. The Morgan fingerprint density at radius 3 is 1.68 bits per heavy atom. The smallest absolute Gasteiger partial charge is 0.340 e. The number of hydrogen-bond donors (Lipinski definition) is 0. The van der Waals surface area contributed by atoms with E-state index in [0.717, 1.165) is 44.9 Å². The van der Waals surface area contributed by atoms with Crippen molar-refractivity contribution in [3.63, 3.8) is 0 Å². The van der Waals surface area contributed by atoms with Gasteiger partial charge in [0.2, 0.25) is 0 Å². The number of allylic oxidation sites excluding steroid dienone is 2. The van der Waals surface area contributed by atoms with Crippen LogP contribution in [0.3, 0.4) is 0 Å². The molecule has 0 bridgehead atoms. The maximum atomic E-state index is 13.2. The van der Waals surface area contributed by atoms with Gasteiger partial charge in [-0.2, -0.15) is 0 Å². The third kappa shape index (κ3) is 5.48. The van der Waals surface area contributed by atoms with Crippen molar-refractivity contribution in [3.8, 4) is 0 Å². The van der Waals surface area contributed by atoms with Crippen molar-refractivity contribution in [1.82, 2.24) is 0 Å². The van der Waals surface area contributed by atoms with E-state index in [9.17, 15) is 4.79 Å². The second-order valence-electron chi connectivity index (χ2n) is 10.9. The molecule has 0 saturated heterocycles. The summed E-state index contributed by atoms with van der Waals surface area (Å²) < 4.78 is 6.23. The van der Waals surface area contributed by atoms with E-state index in [2.05, 4.69) is 64.4 Å². The van der Waals surface area contributed by atoms with Gasteiger partial charge in [-0.15, -0.1) is 0 Å². The molecule has 0 N–H and O–H groups in total. The summed E-state index contributed by atoms with van der Waals surface area (Å²) in [4.78, 5) is 19.4. The number of anilines is 3. The third-order valence-electron chi connectivity index (χ3n) is 7.58. The van der Waals surface area contributed by atoms with Gasteiger partial charge in [-0.3, -0.25) is 0 Å². The molecule has 0 radical (unpaired) electrons. The molecule has 4 aromatic rings. The van der Waals surface area contributed by atoms with Gasteiger partial charge in [0.15, 0.2) is 5.60 Å². The topological polar surface area (TPSA) is 36.0 Å². The van der Waals surface area contributed by atoms with Crippen molar-refractivity contribution in [1.29, 1.82) is 0 Å². The van der Waals surface area contributed by atoms with Gasteiger partial charge in [-0.05, 0) is 59.2 Å². The summed E-state index contributed by atoms with van der Waals surface area (Å²) in [5, 5.41) is 0. The lowest BCUT2D eigenvalue weighted by Gasteiger charge is -2.26. The number of cyclic esters (lactones) is 1. The summed E-state index contributed by atoms with van der Waals surface area (Å²) in [7, 11) is 12.1. The van der Waals surface area contributed by atoms with E-state index in [1.54, 1.807) is 0 Å². The fourth-order valence-electron chi connectivity index (χ4n) is 5.20. The average Bonchev–Trinajstić information content (AvgIpc) is 3.27. The number of rotatable bonds is 8. The van der Waals surface area contributed by atoms with Gasteiger partial charge < -0.3 is 19.4 Å². The highest BCUT2D eigenvalue weighted by Crippen LogP contribution is 2.44. The number of ether oxygens (including phenoxy) is 1. The Labute approximate surface area is 243 Å². The summed E-state index contributed by atoms with van der Waals surface area (Å²) in [5.74, 6) is -0.319. The summed E-state index contributed by atoms with van der Waals surface area (Å²) in [6.45, 7) is 0. The number of carbonyl (C=O) groups excluding carboxylic acids is 1. The predicted octanol–water partition coefficient (Wildman–Crippen LogP) is 6.99. The van der Waals surface area contributed by atoms with Gasteiger partial charge in [0.1, 0.15) is 0 Å². The Bertz CT molecular complexity index is 1530. The highest BCUT2D eigenvalue weighted by molar-refractivity contribution is 5.97. The molecule has 1 aliphatic rings. The molecule has 1 heterocycles. The molecular weight excluding hydrogens is 506 g/mol. The van der Waals surface area contributed by atoms with Crippen LogP contribution in [-0.2, 0) is 10.3 Å². The van der Waals surface area contributed by atoms with E-state index >= 15 is 0 Å². The molecule has 0 fully saturated rings. The summed E-state index contributed by atoms with van der Waals surface area (Å²) in [6.07, 6.45) is 6.13. The highest BCUT2D eigenvalue weighted by atomic mass is 16.6. The minimum Gasteiger partial charge on any atom is -0.441 e. The monoisotopic (exact) mass is 543 g/mol. The Morgan fingerprint density at radius 1 is 0.659 bits per heavy atom. The first kappa shape index (κ1) is 27.8. The minimum absolute atomic E-state index is 0.319. The lowest BCUT2D eigenvalue weighted by Crippen LogP contribution is -2.25. The van der Waals surface area contributed by atoms with Crippen molar-refractivity contribution >= 4 is 28.6 Å². The van der Waals surface area contributed by atoms with Crippen LogP contribution in [0.1, 0.15) is 32.6 Å². The first-order valence-corrected chi connectivity index (χ1v) is 13.8. The van der Waals surface area contributed by atoms with E-state index in [1.165, 1.54) is 0 Å². The molecule has 5 rings (SSSR count). The van der Waals surface area contributed by atoms with Crippen molar-refractivity contribution < 1.29 is 9.53 Å². The molecule has 1 unspecified atom stereocenters. The van der Waals surface area contributed by atoms with Gasteiger partial charge in [-0.25, -0.2) is 4.79 Å². The standard InChI is InChI=1S/C36H37N3O2/c1-37(2)29-18-14-26(15-19-29)32(27-16-20-30(21-17-27)38(3)4)13-10-24-36(28-11-8-7-9-12-28)34-23-22-31(39(5)6)25-33(34)35(40)41-36/h7-25H,1-6H3. The quantitative estimate of drug-likeness (QED) is 0.177. The first-order chi connectivity index (χ1) is 19.7. The van der Waals surface area contributed by atoms with E-state index in [1.807, 2.05) is 108 Å². The molecule has 5 heteroatoms. The Kier molecular flexibility index (Phi) is 7.71. The van der Waals surface area contributed by atoms with Gasteiger partial charge in [0, 0.05) is 70.5 Å². The van der Waals surface area contributed by atoms with Gasteiger partial charge in [0.25, 0.3) is 0 Å². The number of fused-ring (bicyclic) bond motifs is 1. The van der Waals surface area contributed by atoms with Crippen LogP contribution in [0, 0.1) is 0 Å². The molecule has 1 atom stereocenters. The molecule has 0 spiro atoms. The van der Waals surface area contributed by atoms with Gasteiger partial charge in [-0.1, -0.05) is 72.8 Å². The zero-order valence-corrected chi connectivity index (χ0v) is 24.6. The number of esters is 1. The van der Waals surface area contributed by atoms with Crippen molar-refractivity contribution in [3.05, 3.63) is 143 Å². The molecule has 5 nitrogen and oxygen atoms in total. The summed E-state index contributed by atoms with van der Waals surface area (Å²) in [5.41, 5.74) is 7.83. The first-order valence-electron chi connectivity index (χ1n) is 13.8. The van der Waals surface area contributed by atoms with E-state index in [4.69, 9.17) is 4.74 Å². The van der Waals surface area contributed by atoms with Crippen LogP contribution in [0.5, 0.6) is 0 Å². The van der Waals surface area contributed by atoms with Crippen LogP contribution in [-0.4, -0.2) is 48.3 Å². The lowest BCUT2D eigenvalue weighted by atomic mass is 9.84. The van der Waals surface area contributed by atoms with Gasteiger partial charge in [0.05, 0.1) is 5.56 Å². The fourth-order valence-corrected chi connectivity index (χ4v) is 5.20. The van der Waals surface area contributed by atoms with E-state index in [0.29, 0.717) is 5.56 Å². The minimum atomic E-state index is -1.02. The summed E-state index contributed by atoms with van der Waals surface area (Å²) in [6, 6.07) is 33.0. The molecule has 0 saturated carbocycles. The molecule has 0 aliphatic carbocycles. The largest absolute Gasteiger partial charge is 0.441 e. The van der Waals surface area contributed by atoms with E-state index < -0.39 is 5.60 Å². The maximum absolute atomic E-state index is 13.2. The van der Waals surface area contributed by atoms with Gasteiger partial charge >= 0.3 is 5.97 Å². The second kappa shape index (κ2) is 11.4. The Balaban J connectivity index is 1.63. The average molecular weight is 544 g/mol. The van der Waals surface area contributed by atoms with Crippen molar-refractivity contribution in [2.45, 2.75) is 5.60 Å². The molecule has 0 amide bonds. The predicted molar refractivity (Wildman–Crippen MR) is 171 cm³/mol. The molecule has 41 heavy (non-hydrogen) atoms. The normalized spacial score (nSPS) is 15.8. The van der Waals surface area contributed by atoms with Crippen LogP contribution >= 0.6 is 0 Å². The maximum Gasteiger partial charge on any atom is 0.340 e. The number of nitrogens with zero attached hydrogens (tertiary/aromatic N) is 3. The zero-order chi connectivity index (χ0) is 29.1. The van der Waals surface area contributed by atoms with Crippen LogP contribution < -0.4 is 14.7 Å². The second-order valence-corrected chi connectivity index (χ2v) is 10.9. The molecule has 208 valence electrons. The third-order valence-corrected chi connectivity index (χ3v) is 7.58. The summed E-state index contributed by atoms with van der Waals surface area (Å²) >= 11 is 0. The lowest BCUT2D eigenvalue weighted by molar-refractivity contribution is 0.0275. The van der Waals surface area contributed by atoms with Crippen LogP contribution in [0.4, 0.5) is 17.1 Å². The molecule has 1 aliphatic heterocycles. The van der Waals surface area contributed by atoms with Crippen molar-refractivity contribution in [2.24, 2.45) is 0 Å². The number of hydrogen-bond acceptors (Lipinski definition) is 5.